The fourth-order valence-corrected chi connectivity index (χ4v) is 6.31. The largest absolute Gasteiger partial charge is 0.459 e. The molecule has 4 amide bonds. The van der Waals surface area contributed by atoms with Crippen LogP contribution in [-0.4, -0.2) is 183 Å². The number of hydrogen-bond donors (Lipinski definition) is 4. The minimum absolute atomic E-state index is 0.0769. The molecule has 0 aliphatic carbocycles. The van der Waals surface area contributed by atoms with Crippen molar-refractivity contribution in [3.8, 4) is 0 Å². The van der Waals surface area contributed by atoms with Crippen LogP contribution >= 0.6 is 0 Å². The fraction of sp³-hybridized carbons (Fsp3) is 0.837. The van der Waals surface area contributed by atoms with Gasteiger partial charge in [0.1, 0.15) is 29.1 Å². The third kappa shape index (κ3) is 29.9. The molecule has 0 aromatic heterocycles. The van der Waals surface area contributed by atoms with Crippen LogP contribution in [0.1, 0.15) is 114 Å². The van der Waals surface area contributed by atoms with E-state index in [1.54, 1.807) is 20.8 Å². The Labute approximate surface area is 365 Å². The molecule has 1 saturated heterocycles. The van der Waals surface area contributed by atoms with Crippen LogP contribution in [-0.2, 0) is 43.0 Å². The minimum Gasteiger partial charge on any atom is -0.459 e. The Morgan fingerprint density at radius 1 is 0.557 bits per heavy atom. The third-order valence-corrected chi connectivity index (χ3v) is 9.28. The van der Waals surface area contributed by atoms with Crippen LogP contribution in [0.4, 0.5) is 4.79 Å². The highest BCUT2D eigenvalue weighted by molar-refractivity contribution is 5.84. The summed E-state index contributed by atoms with van der Waals surface area (Å²) in [4.78, 5) is 95.0. The molecule has 0 spiro atoms. The van der Waals surface area contributed by atoms with Gasteiger partial charge in [0.15, 0.2) is 0 Å². The van der Waals surface area contributed by atoms with Gasteiger partial charge in [0.25, 0.3) is 0 Å². The monoisotopic (exact) mass is 869 g/mol. The van der Waals surface area contributed by atoms with Crippen molar-refractivity contribution in [1.82, 2.24) is 40.9 Å². The normalized spacial score (nSPS) is 16.2. The third-order valence-electron chi connectivity index (χ3n) is 9.28. The maximum Gasteiger partial charge on any atom is 0.329 e. The molecule has 1 unspecified atom stereocenters. The number of rotatable bonds is 22. The van der Waals surface area contributed by atoms with E-state index in [9.17, 15) is 33.6 Å². The molecule has 1 atom stereocenters. The van der Waals surface area contributed by atoms with Gasteiger partial charge in [0.05, 0.1) is 26.2 Å². The lowest BCUT2D eigenvalue weighted by Gasteiger charge is -2.34. The molecule has 0 bridgehead atoms. The van der Waals surface area contributed by atoms with E-state index in [2.05, 4.69) is 42.9 Å². The molecule has 0 saturated carbocycles. The van der Waals surface area contributed by atoms with Crippen molar-refractivity contribution in [3.05, 3.63) is 0 Å². The van der Waals surface area contributed by atoms with Crippen molar-refractivity contribution in [2.45, 2.75) is 137 Å². The van der Waals surface area contributed by atoms with Crippen LogP contribution in [0, 0.1) is 0 Å². The van der Waals surface area contributed by atoms with E-state index in [4.69, 9.17) is 14.2 Å². The molecule has 0 radical (unpaired) electrons. The van der Waals surface area contributed by atoms with Gasteiger partial charge >= 0.3 is 23.9 Å². The van der Waals surface area contributed by atoms with Crippen molar-refractivity contribution in [1.29, 1.82) is 0 Å². The second kappa shape index (κ2) is 28.7. The highest BCUT2D eigenvalue weighted by atomic mass is 16.6. The van der Waals surface area contributed by atoms with E-state index in [1.165, 1.54) is 0 Å². The van der Waals surface area contributed by atoms with Crippen molar-refractivity contribution >= 4 is 42.0 Å². The molecular formula is C43H80N8O10. The number of nitrogens with one attached hydrogen (secondary N) is 4. The molecule has 1 rings (SSSR count). The molecule has 0 aromatic rings. The van der Waals surface area contributed by atoms with Crippen molar-refractivity contribution in [2.75, 3.05) is 98.2 Å². The maximum atomic E-state index is 13.1. The summed E-state index contributed by atoms with van der Waals surface area (Å²) in [6.45, 7) is 25.4. The SMILES string of the molecule is CCN1CCN(CC(=O)NCCCCCC(=O)NCCCCC(NC(=O)NCC=O)C(=O)OC(C)(C)C)CCN(CC(=O)OC(C)(C)C)CCN(CC(=O)OC(C)(C)C)CC1. The van der Waals surface area contributed by atoms with E-state index < -0.39 is 34.8 Å². The smallest absolute Gasteiger partial charge is 0.329 e. The second-order valence-corrected chi connectivity index (χ2v) is 18.5. The van der Waals surface area contributed by atoms with Gasteiger partial charge in [-0.15, -0.1) is 0 Å². The summed E-state index contributed by atoms with van der Waals surface area (Å²) in [6.07, 6.45) is 4.52. The highest BCUT2D eigenvalue weighted by Gasteiger charge is 2.27. The predicted octanol–water partition coefficient (Wildman–Crippen LogP) is 2.08. The zero-order chi connectivity index (χ0) is 46.1. The first-order chi connectivity index (χ1) is 28.5. The number of aldehydes is 1. The summed E-state index contributed by atoms with van der Waals surface area (Å²) in [5, 5.41) is 10.8. The van der Waals surface area contributed by atoms with Gasteiger partial charge in [-0.05, 0) is 101 Å². The van der Waals surface area contributed by atoms with E-state index in [0.29, 0.717) is 90.7 Å². The summed E-state index contributed by atoms with van der Waals surface area (Å²) in [5.41, 5.74) is -1.93. The summed E-state index contributed by atoms with van der Waals surface area (Å²) >= 11 is 0. The lowest BCUT2D eigenvalue weighted by atomic mass is 10.1. The quantitative estimate of drug-likeness (QED) is 0.0532. The number of hydrogen-bond acceptors (Lipinski definition) is 14. The molecule has 18 heteroatoms. The van der Waals surface area contributed by atoms with Crippen LogP contribution < -0.4 is 21.3 Å². The zero-order valence-corrected chi connectivity index (χ0v) is 39.1. The topological polar surface area (TPSA) is 208 Å². The van der Waals surface area contributed by atoms with Gasteiger partial charge < -0.3 is 45.2 Å². The first kappa shape index (κ1) is 55.1. The number of nitrogens with zero attached hydrogens (tertiary/aromatic N) is 4. The number of carbonyl (C=O) groups is 7. The predicted molar refractivity (Wildman–Crippen MR) is 234 cm³/mol. The van der Waals surface area contributed by atoms with Crippen LogP contribution in [0.2, 0.25) is 0 Å². The molecule has 352 valence electrons. The van der Waals surface area contributed by atoms with Crippen molar-refractivity contribution < 1.29 is 47.8 Å². The van der Waals surface area contributed by atoms with Crippen LogP contribution in [0.25, 0.3) is 0 Å². The zero-order valence-electron chi connectivity index (χ0n) is 39.1. The number of likely N-dealkylation sites (N-methyl/N-ethyl adjacent to an activating group) is 1. The minimum atomic E-state index is -0.890. The van der Waals surface area contributed by atoms with Gasteiger partial charge in [0.2, 0.25) is 11.8 Å². The van der Waals surface area contributed by atoms with Gasteiger partial charge in [-0.2, -0.15) is 0 Å². The number of amides is 4. The Bertz CT molecular complexity index is 1360. The van der Waals surface area contributed by atoms with Crippen LogP contribution in [0.5, 0.6) is 0 Å². The number of carbonyl (C=O) groups excluding carboxylic acids is 7. The molecule has 4 N–H and O–H groups in total. The summed E-state index contributed by atoms with van der Waals surface area (Å²) in [5.74, 6) is -1.34. The van der Waals surface area contributed by atoms with E-state index in [1.807, 2.05) is 46.4 Å². The number of ether oxygens (including phenoxy) is 3. The summed E-state index contributed by atoms with van der Waals surface area (Å²) in [6, 6.07) is -1.53. The van der Waals surface area contributed by atoms with Gasteiger partial charge in [-0.25, -0.2) is 9.59 Å². The Balaban J connectivity index is 2.60. The molecule has 61 heavy (non-hydrogen) atoms. The Morgan fingerprint density at radius 2 is 1.00 bits per heavy atom. The van der Waals surface area contributed by atoms with Gasteiger partial charge in [-0.3, -0.25) is 33.9 Å². The number of esters is 3. The van der Waals surface area contributed by atoms with E-state index >= 15 is 0 Å². The van der Waals surface area contributed by atoms with Gasteiger partial charge in [0, 0.05) is 71.9 Å². The Kier molecular flexibility index (Phi) is 25.9. The first-order valence-corrected chi connectivity index (χ1v) is 22.1. The lowest BCUT2D eigenvalue weighted by molar-refractivity contribution is -0.158. The van der Waals surface area contributed by atoms with Crippen molar-refractivity contribution in [3.63, 3.8) is 0 Å². The summed E-state index contributed by atoms with van der Waals surface area (Å²) in [7, 11) is 0. The van der Waals surface area contributed by atoms with Crippen molar-refractivity contribution in [2.24, 2.45) is 0 Å². The standard InChI is InChI=1S/C43H80N8O10/c1-11-48-22-24-49(26-27-51(33-38(56)60-42(5,6)7)29-28-50(25-23-48)32-37(55)59-41(2,3)4)31-36(54)45-19-15-12-13-18-35(53)44-20-16-14-17-34(39(57)61-43(8,9)10)47-40(58)46-21-30-52/h30,34H,11-29,31-33H2,1-10H3,(H,44,53)(H,45,54)(H2,46,47,58). The fourth-order valence-electron chi connectivity index (χ4n) is 6.31. The van der Waals surface area contributed by atoms with Crippen LogP contribution in [0.15, 0.2) is 0 Å². The molecule has 0 aromatic carbocycles. The first-order valence-electron chi connectivity index (χ1n) is 22.1. The van der Waals surface area contributed by atoms with E-state index in [0.717, 1.165) is 32.5 Å². The Hall–Kier alpha value is -3.87. The maximum absolute atomic E-state index is 13.1. The highest BCUT2D eigenvalue weighted by Crippen LogP contribution is 2.13. The molecular weight excluding hydrogens is 789 g/mol. The average Bonchev–Trinajstić information content (AvgIpc) is 3.12. The molecule has 18 nitrogen and oxygen atoms in total. The summed E-state index contributed by atoms with van der Waals surface area (Å²) < 4.78 is 16.7. The number of unbranched alkanes of at least 4 members (excludes halogenated alkanes) is 3. The molecule has 1 fully saturated rings. The average molecular weight is 869 g/mol. The molecule has 1 aliphatic heterocycles. The molecule has 1 aliphatic rings. The van der Waals surface area contributed by atoms with E-state index in [-0.39, 0.29) is 49.9 Å². The van der Waals surface area contributed by atoms with Crippen LogP contribution in [0.3, 0.4) is 0 Å². The number of urea groups is 1. The molecule has 1 heterocycles. The second-order valence-electron chi connectivity index (χ2n) is 18.5. The Morgan fingerprint density at radius 3 is 1.46 bits per heavy atom. The van der Waals surface area contributed by atoms with Gasteiger partial charge in [-0.1, -0.05) is 13.3 Å². The lowest BCUT2D eigenvalue weighted by Crippen LogP contribution is -2.49.